The molecule has 6 atom stereocenters. The Balaban J connectivity index is 1.57. The highest BCUT2D eigenvalue weighted by Crippen LogP contribution is 2.65. The summed E-state index contributed by atoms with van der Waals surface area (Å²) in [4.78, 5) is 51.8. The summed E-state index contributed by atoms with van der Waals surface area (Å²) in [6.45, 7) is 4.17. The van der Waals surface area contributed by atoms with Gasteiger partial charge in [-0.1, -0.05) is 13.8 Å². The first-order valence-corrected chi connectivity index (χ1v) is 12.7. The number of amides is 4. The van der Waals surface area contributed by atoms with Crippen LogP contribution in [0.15, 0.2) is 18.2 Å². The number of benzene rings is 1. The average molecular weight is 570 g/mol. The predicted octanol–water partition coefficient (Wildman–Crippen LogP) is 1.57. The molecular weight excluding hydrogens is 541 g/mol. The number of rotatable bonds is 8. The number of carbonyl (C=O) groups excluding carboxylic acids is 4. The molecule has 2 aliphatic heterocycles. The topological polar surface area (TPSA) is 131 Å². The fraction of sp³-hybridized carbons (Fsp3) is 0.577. The first-order chi connectivity index (χ1) is 18.6. The molecule has 0 spiro atoms. The van der Waals surface area contributed by atoms with Crippen LogP contribution in [0.25, 0.3) is 0 Å². The number of alkyl halides is 3. The minimum atomic E-state index is -5.34. The van der Waals surface area contributed by atoms with Gasteiger partial charge in [0.25, 0.3) is 0 Å². The third-order valence-corrected chi connectivity index (χ3v) is 8.14. The number of carbonyl (C=O) groups is 4. The molecule has 3 aliphatic rings. The smallest absolute Gasteiger partial charge is 0.356 e. The van der Waals surface area contributed by atoms with Crippen molar-refractivity contribution in [3.8, 4) is 6.07 Å². The van der Waals surface area contributed by atoms with Crippen LogP contribution in [0.5, 0.6) is 0 Å². The van der Waals surface area contributed by atoms with Crippen molar-refractivity contribution in [1.82, 2.24) is 20.9 Å². The highest BCUT2D eigenvalue weighted by Gasteiger charge is 2.69. The number of hydrogen-bond acceptors (Lipinski definition) is 5. The number of halogens is 5. The molecule has 4 rings (SSSR count). The van der Waals surface area contributed by atoms with E-state index in [1.54, 1.807) is 5.32 Å². The van der Waals surface area contributed by atoms with Crippen LogP contribution in [0.1, 0.15) is 32.3 Å². The van der Waals surface area contributed by atoms with Crippen molar-refractivity contribution in [1.29, 1.82) is 5.26 Å². The van der Waals surface area contributed by atoms with E-state index in [0.717, 1.165) is 17.0 Å². The van der Waals surface area contributed by atoms with Gasteiger partial charge >= 0.3 is 12.1 Å². The van der Waals surface area contributed by atoms with Gasteiger partial charge in [-0.2, -0.15) is 18.4 Å². The SMILES string of the molecule is CC1(C)[C@@H]2[C@@H](C(=O)N[C@H](C#N)C[C@@H]3CCNC3=O)N(C(=O)[C@H](Cc3cc(F)cc(F)c3)NC(=O)C(F)(F)F)C[C@@H]21. The molecule has 216 valence electrons. The minimum Gasteiger partial charge on any atom is -0.356 e. The molecule has 3 N–H and O–H groups in total. The monoisotopic (exact) mass is 569 g/mol. The second-order valence-corrected chi connectivity index (χ2v) is 11.1. The molecule has 1 aliphatic carbocycles. The van der Waals surface area contributed by atoms with Gasteiger partial charge in [0, 0.05) is 31.5 Å². The number of nitriles is 1. The van der Waals surface area contributed by atoms with E-state index < -0.39 is 66.0 Å². The van der Waals surface area contributed by atoms with Gasteiger partial charge in [0.05, 0.1) is 6.07 Å². The van der Waals surface area contributed by atoms with Crippen LogP contribution in [0, 0.1) is 46.1 Å². The predicted molar refractivity (Wildman–Crippen MR) is 128 cm³/mol. The Labute approximate surface area is 226 Å². The zero-order valence-electron chi connectivity index (χ0n) is 21.6. The fourth-order valence-electron chi connectivity index (χ4n) is 5.97. The standard InChI is InChI=1S/C26H28F5N5O4/c1-25(2)17-11-36(20(19(17)25)22(38)34-16(10-32)8-13-3-4-33-21(13)37)23(39)18(35-24(40)26(29,30)31)7-12-5-14(27)9-15(28)6-12/h5-6,9,13,16-20H,3-4,7-8,11H2,1-2H3,(H,33,37)(H,34,38)(H,35,40)/t13-,16-,17-,18-,19-,20-/m0/s1. The van der Waals surface area contributed by atoms with E-state index in [9.17, 15) is 46.4 Å². The molecule has 14 heteroatoms. The van der Waals surface area contributed by atoms with Crippen molar-refractivity contribution in [2.75, 3.05) is 13.1 Å². The molecule has 4 amide bonds. The summed E-state index contributed by atoms with van der Waals surface area (Å²) < 4.78 is 66.8. The maximum absolute atomic E-state index is 13.8. The lowest BCUT2D eigenvalue weighted by molar-refractivity contribution is -0.175. The fourth-order valence-corrected chi connectivity index (χ4v) is 5.97. The quantitative estimate of drug-likeness (QED) is 0.409. The Kier molecular flexibility index (Phi) is 7.79. The minimum absolute atomic E-state index is 0.00720. The Morgan fingerprint density at radius 3 is 2.38 bits per heavy atom. The van der Waals surface area contributed by atoms with Gasteiger partial charge in [-0.3, -0.25) is 19.2 Å². The summed E-state index contributed by atoms with van der Waals surface area (Å²) >= 11 is 0. The summed E-state index contributed by atoms with van der Waals surface area (Å²) in [6.07, 6.45) is -5.48. The van der Waals surface area contributed by atoms with E-state index in [-0.39, 0.29) is 41.7 Å². The van der Waals surface area contributed by atoms with Gasteiger partial charge in [-0.05, 0) is 47.8 Å². The summed E-state index contributed by atoms with van der Waals surface area (Å²) in [7, 11) is 0. The molecule has 0 radical (unpaired) electrons. The average Bonchev–Trinajstić information content (AvgIpc) is 3.19. The Hall–Kier alpha value is -3.76. The normalized spacial score (nSPS) is 26.2. The van der Waals surface area contributed by atoms with E-state index in [4.69, 9.17) is 0 Å². The first-order valence-electron chi connectivity index (χ1n) is 12.7. The highest BCUT2D eigenvalue weighted by molar-refractivity contribution is 5.94. The van der Waals surface area contributed by atoms with Gasteiger partial charge in [0.2, 0.25) is 17.7 Å². The molecule has 2 saturated heterocycles. The van der Waals surface area contributed by atoms with Crippen LogP contribution >= 0.6 is 0 Å². The maximum atomic E-state index is 13.8. The lowest BCUT2D eigenvalue weighted by Gasteiger charge is -2.33. The molecule has 0 bridgehead atoms. The number of nitrogens with zero attached hydrogens (tertiary/aromatic N) is 2. The number of likely N-dealkylation sites (tertiary alicyclic amines) is 1. The van der Waals surface area contributed by atoms with Gasteiger partial charge in [-0.15, -0.1) is 0 Å². The van der Waals surface area contributed by atoms with Gasteiger partial charge < -0.3 is 20.9 Å². The zero-order valence-corrected chi connectivity index (χ0v) is 21.6. The van der Waals surface area contributed by atoms with Crippen LogP contribution in [-0.4, -0.2) is 65.9 Å². The molecule has 1 aromatic carbocycles. The molecule has 9 nitrogen and oxygen atoms in total. The summed E-state index contributed by atoms with van der Waals surface area (Å²) in [6, 6.07) is 0.0210. The lowest BCUT2D eigenvalue weighted by atomic mass is 9.96. The van der Waals surface area contributed by atoms with Crippen molar-refractivity contribution in [2.24, 2.45) is 23.2 Å². The first kappa shape index (κ1) is 29.2. The van der Waals surface area contributed by atoms with Gasteiger partial charge in [-0.25, -0.2) is 8.78 Å². The van der Waals surface area contributed by atoms with Crippen LogP contribution in [-0.2, 0) is 25.6 Å². The van der Waals surface area contributed by atoms with Gasteiger partial charge in [0.1, 0.15) is 29.8 Å². The van der Waals surface area contributed by atoms with E-state index in [1.165, 1.54) is 0 Å². The van der Waals surface area contributed by atoms with E-state index >= 15 is 0 Å². The van der Waals surface area contributed by atoms with E-state index in [1.807, 2.05) is 19.9 Å². The largest absolute Gasteiger partial charge is 0.471 e. The lowest BCUT2D eigenvalue weighted by Crippen LogP contribution is -2.58. The Bertz CT molecular complexity index is 1240. The molecule has 1 saturated carbocycles. The van der Waals surface area contributed by atoms with Crippen molar-refractivity contribution >= 4 is 23.6 Å². The van der Waals surface area contributed by atoms with Crippen LogP contribution in [0.3, 0.4) is 0 Å². The number of hydrogen-bond donors (Lipinski definition) is 3. The Morgan fingerprint density at radius 2 is 1.82 bits per heavy atom. The van der Waals surface area contributed by atoms with E-state index in [0.29, 0.717) is 19.0 Å². The van der Waals surface area contributed by atoms with Crippen LogP contribution in [0.2, 0.25) is 0 Å². The molecule has 2 heterocycles. The number of piperidine rings is 1. The molecule has 3 fully saturated rings. The van der Waals surface area contributed by atoms with E-state index in [2.05, 4.69) is 10.6 Å². The highest BCUT2D eigenvalue weighted by atomic mass is 19.4. The second-order valence-electron chi connectivity index (χ2n) is 11.1. The number of fused-ring (bicyclic) bond motifs is 1. The molecule has 0 aromatic heterocycles. The zero-order chi connectivity index (χ0) is 29.6. The van der Waals surface area contributed by atoms with Crippen molar-refractivity contribution in [3.05, 3.63) is 35.4 Å². The number of nitrogens with one attached hydrogen (secondary N) is 3. The summed E-state index contributed by atoms with van der Waals surface area (Å²) in [5.74, 6) is -7.50. The molecule has 1 aromatic rings. The summed E-state index contributed by atoms with van der Waals surface area (Å²) in [5.41, 5.74) is -0.564. The van der Waals surface area contributed by atoms with Crippen molar-refractivity contribution in [3.63, 3.8) is 0 Å². The second kappa shape index (κ2) is 10.7. The van der Waals surface area contributed by atoms with Crippen LogP contribution in [0.4, 0.5) is 22.0 Å². The molecule has 0 unspecified atom stereocenters. The van der Waals surface area contributed by atoms with Gasteiger partial charge in [0.15, 0.2) is 0 Å². The Morgan fingerprint density at radius 1 is 1.18 bits per heavy atom. The van der Waals surface area contributed by atoms with Crippen LogP contribution < -0.4 is 16.0 Å². The van der Waals surface area contributed by atoms with Crippen molar-refractivity contribution < 1.29 is 41.1 Å². The maximum Gasteiger partial charge on any atom is 0.471 e. The summed E-state index contributed by atoms with van der Waals surface area (Å²) in [5, 5.41) is 16.4. The molecular formula is C26H28F5N5O4. The molecule has 40 heavy (non-hydrogen) atoms. The van der Waals surface area contributed by atoms with Crippen molar-refractivity contribution in [2.45, 2.75) is 57.4 Å². The third-order valence-electron chi connectivity index (χ3n) is 8.14. The third kappa shape index (κ3) is 5.88.